The van der Waals surface area contributed by atoms with Crippen molar-refractivity contribution in [3.63, 3.8) is 0 Å². The lowest BCUT2D eigenvalue weighted by atomic mass is 10.1. The number of nitrogens with zero attached hydrogens (tertiary/aromatic N) is 1. The van der Waals surface area contributed by atoms with Crippen molar-refractivity contribution in [2.75, 3.05) is 6.61 Å². The predicted molar refractivity (Wildman–Crippen MR) is 73.0 cm³/mol. The van der Waals surface area contributed by atoms with Crippen molar-refractivity contribution in [2.24, 2.45) is 10.9 Å². The maximum atomic E-state index is 5.66. The quantitative estimate of drug-likeness (QED) is 0.792. The minimum absolute atomic E-state index is 0.272. The highest BCUT2D eigenvalue weighted by Gasteiger charge is 2.25. The predicted octanol–water partition coefficient (Wildman–Crippen LogP) is 4.01. The molecule has 0 aromatic heterocycles. The lowest BCUT2D eigenvalue weighted by molar-refractivity contribution is 0.291. The molecule has 0 spiro atoms. The van der Waals surface area contributed by atoms with E-state index in [1.165, 1.54) is 0 Å². The van der Waals surface area contributed by atoms with Crippen molar-refractivity contribution < 1.29 is 4.74 Å². The second-order valence-corrected chi connectivity index (χ2v) is 5.86. The molecule has 0 unspecified atom stereocenters. The van der Waals surface area contributed by atoms with Crippen LogP contribution < -0.4 is 0 Å². The van der Waals surface area contributed by atoms with Crippen molar-refractivity contribution in [3.05, 3.63) is 32.7 Å². The first kappa shape index (κ1) is 12.1. The van der Waals surface area contributed by atoms with Gasteiger partial charge in [0.1, 0.15) is 6.61 Å². The maximum absolute atomic E-state index is 5.66. The number of hydrogen-bond donors (Lipinski definition) is 0. The van der Waals surface area contributed by atoms with Crippen LogP contribution in [-0.4, -0.2) is 18.5 Å². The molecule has 1 aliphatic heterocycles. The minimum atomic E-state index is 0.272. The molecule has 1 aromatic rings. The highest BCUT2D eigenvalue weighted by atomic mass is 79.9. The Hall–Kier alpha value is -0.350. The number of rotatable bonds is 2. The lowest BCUT2D eigenvalue weighted by Crippen LogP contribution is -2.13. The van der Waals surface area contributed by atoms with Gasteiger partial charge in [0.2, 0.25) is 5.90 Å². The molecule has 0 aliphatic carbocycles. The van der Waals surface area contributed by atoms with Crippen molar-refractivity contribution >= 4 is 37.8 Å². The Labute approximate surface area is 112 Å². The Bertz CT molecular complexity index is 409. The normalized spacial score (nSPS) is 19.8. The molecule has 1 aliphatic rings. The molecule has 0 amide bonds. The summed E-state index contributed by atoms with van der Waals surface area (Å²) in [4.78, 5) is 4.61. The fourth-order valence-electron chi connectivity index (χ4n) is 1.57. The van der Waals surface area contributed by atoms with Crippen molar-refractivity contribution in [2.45, 2.75) is 19.9 Å². The Kier molecular flexibility index (Phi) is 3.70. The molecule has 0 radical (unpaired) electrons. The second-order valence-electron chi connectivity index (χ2n) is 4.15. The van der Waals surface area contributed by atoms with Crippen LogP contribution in [0.25, 0.3) is 0 Å². The third-order valence-electron chi connectivity index (χ3n) is 2.62. The van der Waals surface area contributed by atoms with Crippen molar-refractivity contribution in [1.82, 2.24) is 0 Å². The summed E-state index contributed by atoms with van der Waals surface area (Å²) in [5.41, 5.74) is 1.01. The first-order valence-electron chi connectivity index (χ1n) is 5.24. The van der Waals surface area contributed by atoms with Gasteiger partial charge in [0, 0.05) is 8.95 Å². The molecule has 0 bridgehead atoms. The molecule has 2 rings (SSSR count). The smallest absolute Gasteiger partial charge is 0.218 e. The topological polar surface area (TPSA) is 21.6 Å². The van der Waals surface area contributed by atoms with Crippen LogP contribution in [0.4, 0.5) is 0 Å². The minimum Gasteiger partial charge on any atom is -0.475 e. The molecule has 1 heterocycles. The standard InChI is InChI=1S/C12H13Br2NO/c1-7(2)10-6-16-12(15-10)11-8(13)4-3-5-9(11)14/h3-5,7,10H,6H2,1-2H3/t10-/m0/s1. The van der Waals surface area contributed by atoms with Crippen LogP contribution in [0.2, 0.25) is 0 Å². The Balaban J connectivity index is 2.36. The summed E-state index contributed by atoms with van der Waals surface area (Å²) < 4.78 is 7.67. The highest BCUT2D eigenvalue weighted by Crippen LogP contribution is 2.29. The number of benzene rings is 1. The summed E-state index contributed by atoms with van der Waals surface area (Å²) in [5, 5.41) is 0. The summed E-state index contributed by atoms with van der Waals surface area (Å²) in [5.74, 6) is 1.25. The zero-order valence-corrected chi connectivity index (χ0v) is 12.4. The lowest BCUT2D eigenvalue weighted by Gasteiger charge is -2.06. The summed E-state index contributed by atoms with van der Waals surface area (Å²) in [6.45, 7) is 5.01. The number of ether oxygens (including phenoxy) is 1. The van der Waals surface area contributed by atoms with E-state index in [4.69, 9.17) is 4.74 Å². The van der Waals surface area contributed by atoms with Crippen LogP contribution in [0.3, 0.4) is 0 Å². The first-order chi connectivity index (χ1) is 7.59. The fourth-order valence-corrected chi connectivity index (χ4v) is 2.91. The van der Waals surface area contributed by atoms with Gasteiger partial charge in [-0.15, -0.1) is 0 Å². The van der Waals surface area contributed by atoms with Gasteiger partial charge in [-0.3, -0.25) is 0 Å². The summed E-state index contributed by atoms with van der Waals surface area (Å²) in [6.07, 6.45) is 0. The van der Waals surface area contributed by atoms with Gasteiger partial charge in [0.25, 0.3) is 0 Å². The number of halogens is 2. The average Bonchev–Trinajstić information content (AvgIpc) is 2.66. The molecule has 0 fully saturated rings. The van der Waals surface area contributed by atoms with E-state index < -0.39 is 0 Å². The molecular weight excluding hydrogens is 334 g/mol. The summed E-state index contributed by atoms with van der Waals surface area (Å²) in [7, 11) is 0. The largest absolute Gasteiger partial charge is 0.475 e. The molecule has 0 N–H and O–H groups in total. The van der Waals surface area contributed by atoms with Crippen LogP contribution in [0.5, 0.6) is 0 Å². The third-order valence-corrected chi connectivity index (χ3v) is 3.94. The van der Waals surface area contributed by atoms with Crippen LogP contribution in [0.1, 0.15) is 19.4 Å². The molecule has 2 nitrogen and oxygen atoms in total. The second kappa shape index (κ2) is 4.88. The Morgan fingerprint density at radius 3 is 2.44 bits per heavy atom. The average molecular weight is 347 g/mol. The van der Waals surface area contributed by atoms with Gasteiger partial charge in [0.15, 0.2) is 0 Å². The van der Waals surface area contributed by atoms with Gasteiger partial charge in [-0.05, 0) is 49.9 Å². The fraction of sp³-hybridized carbons (Fsp3) is 0.417. The Morgan fingerprint density at radius 1 is 1.31 bits per heavy atom. The zero-order chi connectivity index (χ0) is 11.7. The molecule has 16 heavy (non-hydrogen) atoms. The van der Waals surface area contributed by atoms with Crippen LogP contribution in [-0.2, 0) is 4.74 Å². The van der Waals surface area contributed by atoms with Crippen molar-refractivity contribution in [1.29, 1.82) is 0 Å². The van der Waals surface area contributed by atoms with Gasteiger partial charge in [-0.25, -0.2) is 4.99 Å². The molecule has 86 valence electrons. The number of hydrogen-bond acceptors (Lipinski definition) is 2. The van der Waals surface area contributed by atoms with Crippen molar-refractivity contribution in [3.8, 4) is 0 Å². The molecular formula is C12H13Br2NO. The summed E-state index contributed by atoms with van der Waals surface area (Å²) >= 11 is 7.05. The van der Waals surface area contributed by atoms with E-state index in [0.29, 0.717) is 12.5 Å². The van der Waals surface area contributed by atoms with Gasteiger partial charge in [-0.1, -0.05) is 19.9 Å². The molecule has 0 saturated carbocycles. The van der Waals surface area contributed by atoms with E-state index in [1.54, 1.807) is 0 Å². The van der Waals surface area contributed by atoms with Crippen LogP contribution >= 0.6 is 31.9 Å². The SMILES string of the molecule is CC(C)[C@@H]1COC(c2c(Br)cccc2Br)=N1. The van der Waals surface area contributed by atoms with Gasteiger partial charge < -0.3 is 4.74 Å². The van der Waals surface area contributed by atoms with E-state index >= 15 is 0 Å². The third kappa shape index (κ3) is 2.33. The van der Waals surface area contributed by atoms with Gasteiger partial charge in [-0.2, -0.15) is 0 Å². The molecule has 0 saturated heterocycles. The molecule has 1 aromatic carbocycles. The summed E-state index contributed by atoms with van der Waals surface area (Å²) in [6, 6.07) is 6.24. The van der Waals surface area contributed by atoms with E-state index in [-0.39, 0.29) is 6.04 Å². The Morgan fingerprint density at radius 2 is 1.94 bits per heavy atom. The highest BCUT2D eigenvalue weighted by molar-refractivity contribution is 9.11. The number of aliphatic imine (C=N–C) groups is 1. The van der Waals surface area contributed by atoms with Gasteiger partial charge >= 0.3 is 0 Å². The van der Waals surface area contributed by atoms with Crippen LogP contribution in [0.15, 0.2) is 32.1 Å². The van der Waals surface area contributed by atoms with Crippen LogP contribution in [0, 0.1) is 5.92 Å². The first-order valence-corrected chi connectivity index (χ1v) is 6.83. The monoisotopic (exact) mass is 345 g/mol. The van der Waals surface area contributed by atoms with E-state index in [0.717, 1.165) is 20.4 Å². The van der Waals surface area contributed by atoms with E-state index in [2.05, 4.69) is 50.7 Å². The van der Waals surface area contributed by atoms with E-state index in [1.807, 2.05) is 18.2 Å². The van der Waals surface area contributed by atoms with Gasteiger partial charge in [0.05, 0.1) is 11.6 Å². The van der Waals surface area contributed by atoms with E-state index in [9.17, 15) is 0 Å². The zero-order valence-electron chi connectivity index (χ0n) is 9.21. The molecule has 1 atom stereocenters. The maximum Gasteiger partial charge on any atom is 0.218 e. The molecule has 4 heteroatoms.